The molecule has 0 radical (unpaired) electrons. The van der Waals surface area contributed by atoms with Crippen molar-refractivity contribution in [2.45, 2.75) is 13.5 Å². The first-order chi connectivity index (χ1) is 8.15. The molecule has 17 heavy (non-hydrogen) atoms. The second-order valence-electron chi connectivity index (χ2n) is 3.89. The van der Waals surface area contributed by atoms with Crippen LogP contribution >= 0.6 is 11.3 Å². The van der Waals surface area contributed by atoms with Gasteiger partial charge in [-0.05, 0) is 25.1 Å². The Morgan fingerprint density at radius 3 is 2.65 bits per heavy atom. The summed E-state index contributed by atoms with van der Waals surface area (Å²) in [5, 5.41) is 5.08. The molecular weight excluding hydrogens is 232 g/mol. The van der Waals surface area contributed by atoms with Crippen LogP contribution in [-0.2, 0) is 6.54 Å². The number of hydrogen-bond acceptors (Lipinski definition) is 3. The Labute approximate surface area is 104 Å². The van der Waals surface area contributed by atoms with Crippen LogP contribution in [0.25, 0.3) is 0 Å². The van der Waals surface area contributed by atoms with Gasteiger partial charge in [-0.3, -0.25) is 4.79 Å². The number of carbonyl (C=O) groups is 1. The van der Waals surface area contributed by atoms with Crippen molar-refractivity contribution in [3.05, 3.63) is 51.7 Å². The van der Waals surface area contributed by atoms with Gasteiger partial charge in [0.2, 0.25) is 5.91 Å². The van der Waals surface area contributed by atoms with Crippen LogP contribution < -0.4 is 11.1 Å². The van der Waals surface area contributed by atoms with E-state index in [9.17, 15) is 4.79 Å². The van der Waals surface area contributed by atoms with Gasteiger partial charge in [0.15, 0.2) is 0 Å². The van der Waals surface area contributed by atoms with Crippen molar-refractivity contribution < 1.29 is 4.79 Å². The van der Waals surface area contributed by atoms with Crippen LogP contribution in [0.15, 0.2) is 35.7 Å². The number of carbonyl (C=O) groups excluding carboxylic acids is 1. The van der Waals surface area contributed by atoms with E-state index >= 15 is 0 Å². The van der Waals surface area contributed by atoms with Gasteiger partial charge in [-0.25, -0.2) is 0 Å². The fourth-order valence-electron chi connectivity index (χ4n) is 1.46. The summed E-state index contributed by atoms with van der Waals surface area (Å²) in [6.45, 7) is 2.77. The molecule has 2 rings (SSSR count). The van der Waals surface area contributed by atoms with Crippen molar-refractivity contribution in [2.75, 3.05) is 5.32 Å². The van der Waals surface area contributed by atoms with Crippen molar-refractivity contribution in [2.24, 2.45) is 5.73 Å². The molecule has 1 amide bonds. The molecule has 0 aliphatic heterocycles. The SMILES string of the molecule is Cc1ccc(NCc2cc(C(N)=O)cs2)cc1. The Bertz CT molecular complexity index is 516. The van der Waals surface area contributed by atoms with E-state index < -0.39 is 0 Å². The standard InChI is InChI=1S/C13H14N2OS/c1-9-2-4-11(5-3-9)15-7-12-6-10(8-17-12)13(14)16/h2-6,8,15H,7H2,1H3,(H2,14,16). The lowest BCUT2D eigenvalue weighted by atomic mass is 10.2. The molecule has 0 fully saturated rings. The van der Waals surface area contributed by atoms with Crippen molar-refractivity contribution in [3.63, 3.8) is 0 Å². The molecule has 3 nitrogen and oxygen atoms in total. The summed E-state index contributed by atoms with van der Waals surface area (Å²) in [6.07, 6.45) is 0. The fraction of sp³-hybridized carbons (Fsp3) is 0.154. The number of aryl methyl sites for hydroxylation is 1. The van der Waals surface area contributed by atoms with Crippen LogP contribution in [0.4, 0.5) is 5.69 Å². The molecule has 2 aromatic rings. The summed E-state index contributed by atoms with van der Waals surface area (Å²) >= 11 is 1.54. The number of anilines is 1. The summed E-state index contributed by atoms with van der Waals surface area (Å²) in [4.78, 5) is 12.0. The largest absolute Gasteiger partial charge is 0.380 e. The lowest BCUT2D eigenvalue weighted by Crippen LogP contribution is -2.09. The number of hydrogen-bond donors (Lipinski definition) is 2. The van der Waals surface area contributed by atoms with Crippen LogP contribution in [0, 0.1) is 6.92 Å². The molecule has 0 aliphatic rings. The van der Waals surface area contributed by atoms with Crippen molar-refractivity contribution >= 4 is 22.9 Å². The first-order valence-corrected chi connectivity index (χ1v) is 6.21. The third kappa shape index (κ3) is 3.07. The van der Waals surface area contributed by atoms with Crippen LogP contribution in [0.1, 0.15) is 20.8 Å². The second-order valence-corrected chi connectivity index (χ2v) is 4.88. The lowest BCUT2D eigenvalue weighted by Gasteiger charge is -2.04. The fourth-order valence-corrected chi connectivity index (χ4v) is 2.28. The van der Waals surface area contributed by atoms with Crippen molar-refractivity contribution in [1.29, 1.82) is 0 Å². The zero-order valence-corrected chi connectivity index (χ0v) is 10.4. The molecule has 0 atom stereocenters. The summed E-state index contributed by atoms with van der Waals surface area (Å²) in [5.41, 5.74) is 8.09. The number of nitrogens with two attached hydrogens (primary N) is 1. The number of nitrogens with one attached hydrogen (secondary N) is 1. The first-order valence-electron chi connectivity index (χ1n) is 5.33. The molecule has 1 aromatic carbocycles. The van der Waals surface area contributed by atoms with Gasteiger partial charge in [0, 0.05) is 22.5 Å². The Morgan fingerprint density at radius 2 is 2.06 bits per heavy atom. The average molecular weight is 246 g/mol. The lowest BCUT2D eigenvalue weighted by molar-refractivity contribution is 0.100. The third-order valence-electron chi connectivity index (χ3n) is 2.46. The maximum Gasteiger partial charge on any atom is 0.249 e. The molecular formula is C13H14N2OS. The molecule has 0 bridgehead atoms. The minimum absolute atomic E-state index is 0.372. The van der Waals surface area contributed by atoms with E-state index in [2.05, 4.69) is 24.4 Å². The highest BCUT2D eigenvalue weighted by Crippen LogP contribution is 2.16. The highest BCUT2D eigenvalue weighted by Gasteiger charge is 2.04. The highest BCUT2D eigenvalue weighted by molar-refractivity contribution is 7.10. The minimum Gasteiger partial charge on any atom is -0.380 e. The number of primary amides is 1. The highest BCUT2D eigenvalue weighted by atomic mass is 32.1. The molecule has 0 saturated heterocycles. The van der Waals surface area contributed by atoms with E-state index in [0.29, 0.717) is 12.1 Å². The Hall–Kier alpha value is -1.81. The Morgan fingerprint density at radius 1 is 1.35 bits per heavy atom. The first kappa shape index (κ1) is 11.7. The Balaban J connectivity index is 1.97. The zero-order chi connectivity index (χ0) is 12.3. The molecule has 0 unspecified atom stereocenters. The summed E-state index contributed by atoms with van der Waals surface area (Å²) in [5.74, 6) is -0.372. The number of amides is 1. The Kier molecular flexibility index (Phi) is 3.44. The van der Waals surface area contributed by atoms with Gasteiger partial charge < -0.3 is 11.1 Å². The molecule has 1 heterocycles. The second kappa shape index (κ2) is 5.01. The summed E-state index contributed by atoms with van der Waals surface area (Å²) in [6, 6.07) is 10.0. The molecule has 0 saturated carbocycles. The maximum atomic E-state index is 10.9. The average Bonchev–Trinajstić information content (AvgIpc) is 2.77. The monoisotopic (exact) mass is 246 g/mol. The predicted molar refractivity (Wildman–Crippen MR) is 71.3 cm³/mol. The van der Waals surface area contributed by atoms with Gasteiger partial charge in [-0.2, -0.15) is 0 Å². The summed E-state index contributed by atoms with van der Waals surface area (Å²) < 4.78 is 0. The van der Waals surface area contributed by atoms with Crippen molar-refractivity contribution in [3.8, 4) is 0 Å². The number of benzene rings is 1. The minimum atomic E-state index is -0.372. The van der Waals surface area contributed by atoms with Crippen LogP contribution in [0.3, 0.4) is 0 Å². The normalized spacial score (nSPS) is 10.2. The number of rotatable bonds is 4. The molecule has 4 heteroatoms. The quantitative estimate of drug-likeness (QED) is 0.871. The van der Waals surface area contributed by atoms with E-state index in [1.165, 1.54) is 16.9 Å². The van der Waals surface area contributed by atoms with E-state index in [4.69, 9.17) is 5.73 Å². The molecule has 0 aliphatic carbocycles. The van der Waals surface area contributed by atoms with Gasteiger partial charge in [0.05, 0.1) is 5.56 Å². The van der Waals surface area contributed by atoms with Gasteiger partial charge in [0.1, 0.15) is 0 Å². The van der Waals surface area contributed by atoms with E-state index in [-0.39, 0.29) is 5.91 Å². The molecule has 0 spiro atoms. The zero-order valence-electron chi connectivity index (χ0n) is 9.57. The van der Waals surface area contributed by atoms with Crippen LogP contribution in [-0.4, -0.2) is 5.91 Å². The van der Waals surface area contributed by atoms with E-state index in [1.807, 2.05) is 18.2 Å². The van der Waals surface area contributed by atoms with E-state index in [0.717, 1.165) is 10.6 Å². The van der Waals surface area contributed by atoms with E-state index in [1.54, 1.807) is 5.38 Å². The topological polar surface area (TPSA) is 55.1 Å². The van der Waals surface area contributed by atoms with Gasteiger partial charge >= 0.3 is 0 Å². The predicted octanol–water partition coefficient (Wildman–Crippen LogP) is 2.77. The molecule has 1 aromatic heterocycles. The number of thiophene rings is 1. The van der Waals surface area contributed by atoms with Crippen LogP contribution in [0.5, 0.6) is 0 Å². The maximum absolute atomic E-state index is 10.9. The smallest absolute Gasteiger partial charge is 0.249 e. The molecule has 88 valence electrons. The molecule has 3 N–H and O–H groups in total. The van der Waals surface area contributed by atoms with Gasteiger partial charge in [-0.15, -0.1) is 11.3 Å². The van der Waals surface area contributed by atoms with Crippen molar-refractivity contribution in [1.82, 2.24) is 0 Å². The van der Waals surface area contributed by atoms with Gasteiger partial charge in [-0.1, -0.05) is 17.7 Å². The van der Waals surface area contributed by atoms with Crippen LogP contribution in [0.2, 0.25) is 0 Å². The third-order valence-corrected chi connectivity index (χ3v) is 3.39. The van der Waals surface area contributed by atoms with Gasteiger partial charge in [0.25, 0.3) is 0 Å². The summed E-state index contributed by atoms with van der Waals surface area (Å²) in [7, 11) is 0.